The van der Waals surface area contributed by atoms with Crippen LogP contribution in [0.1, 0.15) is 22.3 Å². The minimum atomic E-state index is -0.564. The summed E-state index contributed by atoms with van der Waals surface area (Å²) in [5.41, 5.74) is 10.8. The van der Waals surface area contributed by atoms with Crippen LogP contribution in [-0.4, -0.2) is 15.0 Å². The summed E-state index contributed by atoms with van der Waals surface area (Å²) < 4.78 is 6.62. The molecule has 0 N–H and O–H groups in total. The summed E-state index contributed by atoms with van der Waals surface area (Å²) in [7, 11) is 0. The van der Waals surface area contributed by atoms with Crippen LogP contribution in [0.2, 0.25) is 0 Å². The third-order valence-electron chi connectivity index (χ3n) is 13.0. The van der Waals surface area contributed by atoms with Crippen molar-refractivity contribution in [2.75, 3.05) is 0 Å². The molecule has 0 fully saturated rings. The molecule has 0 bridgehead atoms. The Kier molecular flexibility index (Phi) is 7.49. The lowest BCUT2D eigenvalue weighted by molar-refractivity contribution is 0.669. The third kappa shape index (κ3) is 4.92. The van der Waals surface area contributed by atoms with Crippen LogP contribution in [0.5, 0.6) is 0 Å². The lowest BCUT2D eigenvalue weighted by atomic mass is 9.67. The maximum absolute atomic E-state index is 6.62. The Morgan fingerprint density at radius 1 is 0.323 bits per heavy atom. The summed E-state index contributed by atoms with van der Waals surface area (Å²) in [6.07, 6.45) is 0. The highest BCUT2D eigenvalue weighted by atomic mass is 16.3. The Hall–Kier alpha value is -8.21. The van der Waals surface area contributed by atoms with Gasteiger partial charge in [-0.3, -0.25) is 0 Å². The van der Waals surface area contributed by atoms with Crippen molar-refractivity contribution in [3.63, 3.8) is 0 Å². The van der Waals surface area contributed by atoms with Gasteiger partial charge in [0.15, 0.2) is 17.5 Å². The molecule has 0 aliphatic heterocycles. The number of rotatable bonds is 5. The van der Waals surface area contributed by atoms with Gasteiger partial charge in [0.25, 0.3) is 0 Å². The largest absolute Gasteiger partial charge is 0.455 e. The van der Waals surface area contributed by atoms with Gasteiger partial charge in [-0.1, -0.05) is 194 Å². The fraction of sp³-hybridized carbons (Fsp3) is 0.0172. The number of hydrogen-bond donors (Lipinski definition) is 0. The molecule has 288 valence electrons. The van der Waals surface area contributed by atoms with Crippen LogP contribution in [-0.2, 0) is 5.41 Å². The first kappa shape index (κ1) is 34.6. The van der Waals surface area contributed by atoms with Crippen LogP contribution in [0, 0.1) is 0 Å². The third-order valence-corrected chi connectivity index (χ3v) is 13.0. The number of aromatic nitrogens is 3. The van der Waals surface area contributed by atoms with Crippen molar-refractivity contribution in [3.05, 3.63) is 235 Å². The van der Waals surface area contributed by atoms with E-state index in [9.17, 15) is 0 Å². The average molecular weight is 790 g/mol. The van der Waals surface area contributed by atoms with Crippen LogP contribution in [0.3, 0.4) is 0 Å². The van der Waals surface area contributed by atoms with Crippen LogP contribution < -0.4 is 0 Å². The molecule has 1 aliphatic carbocycles. The predicted molar refractivity (Wildman–Crippen MR) is 253 cm³/mol. The summed E-state index contributed by atoms with van der Waals surface area (Å²) in [6.45, 7) is 0. The molecule has 2 aromatic heterocycles. The van der Waals surface area contributed by atoms with Crippen LogP contribution in [0.25, 0.3) is 99.5 Å². The van der Waals surface area contributed by atoms with E-state index in [0.29, 0.717) is 17.5 Å². The predicted octanol–water partition coefficient (Wildman–Crippen LogP) is 14.6. The summed E-state index contributed by atoms with van der Waals surface area (Å²) in [5, 5.41) is 9.32. The smallest absolute Gasteiger partial charge is 0.167 e. The summed E-state index contributed by atoms with van der Waals surface area (Å²) >= 11 is 0. The number of fused-ring (bicyclic) bond motifs is 12. The lowest BCUT2D eigenvalue weighted by Crippen LogP contribution is -2.28. The van der Waals surface area contributed by atoms with Gasteiger partial charge in [0, 0.05) is 21.9 Å². The van der Waals surface area contributed by atoms with E-state index >= 15 is 0 Å². The molecule has 0 saturated carbocycles. The Labute approximate surface area is 357 Å². The number of furan rings is 1. The fourth-order valence-corrected chi connectivity index (χ4v) is 10.4. The average Bonchev–Trinajstić information content (AvgIpc) is 3.89. The second kappa shape index (κ2) is 13.4. The van der Waals surface area contributed by atoms with Gasteiger partial charge in [-0.25, -0.2) is 15.0 Å². The molecule has 4 heteroatoms. The van der Waals surface area contributed by atoms with Crippen LogP contribution >= 0.6 is 0 Å². The highest BCUT2D eigenvalue weighted by Gasteiger charge is 2.47. The minimum absolute atomic E-state index is 0.555. The van der Waals surface area contributed by atoms with Crippen molar-refractivity contribution in [2.45, 2.75) is 5.41 Å². The SMILES string of the molecule is c1ccc(C2(c3ccccc3)c3ccccc3-c3c(-c4nc(-c5ccc6c7ccccc7c7ccccc7c6c5)nc(-c5cccc6c5oc5ccccc56)n4)cccc32)cc1. The van der Waals surface area contributed by atoms with Crippen molar-refractivity contribution in [2.24, 2.45) is 0 Å². The van der Waals surface area contributed by atoms with Gasteiger partial charge in [-0.2, -0.15) is 0 Å². The van der Waals surface area contributed by atoms with E-state index in [1.807, 2.05) is 12.1 Å². The highest BCUT2D eigenvalue weighted by Crippen LogP contribution is 2.58. The van der Waals surface area contributed by atoms with Gasteiger partial charge >= 0.3 is 0 Å². The first-order valence-electron chi connectivity index (χ1n) is 21.1. The molecule has 4 nitrogen and oxygen atoms in total. The number of benzene rings is 10. The normalized spacial score (nSPS) is 13.0. The zero-order chi connectivity index (χ0) is 40.8. The van der Waals surface area contributed by atoms with Gasteiger partial charge < -0.3 is 4.42 Å². The van der Waals surface area contributed by atoms with Gasteiger partial charge in [0.05, 0.1) is 11.0 Å². The molecule has 62 heavy (non-hydrogen) atoms. The van der Waals surface area contributed by atoms with E-state index in [0.717, 1.165) is 55.1 Å². The molecule has 0 atom stereocenters. The minimum Gasteiger partial charge on any atom is -0.455 e. The molecule has 2 heterocycles. The van der Waals surface area contributed by atoms with Gasteiger partial charge in [0.1, 0.15) is 11.2 Å². The Morgan fingerprint density at radius 2 is 0.806 bits per heavy atom. The van der Waals surface area contributed by atoms with E-state index in [1.54, 1.807) is 0 Å². The number of para-hydroxylation sites is 2. The standard InChI is InChI=1S/C58H35N3O/c1-3-17-37(18-4-1)58(38-19-5-2-6-20-38)50-30-13-11-26-46(50)53-47(28-16-31-51(53)58)56-59-55(60-57(61-56)48-29-15-27-45-44-25-12-14-32-52(44)62-54(45)48)36-33-34-43-41-23-8-7-21-39(41)40-22-9-10-24-42(40)49(43)35-36/h1-35H. The molecular formula is C58H35N3O. The van der Waals surface area contributed by atoms with E-state index < -0.39 is 5.41 Å². The topological polar surface area (TPSA) is 51.8 Å². The quantitative estimate of drug-likeness (QED) is 0.163. The van der Waals surface area contributed by atoms with E-state index in [2.05, 4.69) is 200 Å². The molecule has 0 unspecified atom stereocenters. The molecule has 0 amide bonds. The van der Waals surface area contributed by atoms with Crippen molar-refractivity contribution in [1.29, 1.82) is 0 Å². The molecule has 12 aromatic rings. The summed E-state index contributed by atoms with van der Waals surface area (Å²) in [6, 6.07) is 75.7. The van der Waals surface area contributed by atoms with Gasteiger partial charge in [-0.05, 0) is 83.9 Å². The maximum Gasteiger partial charge on any atom is 0.167 e. The molecule has 1 aliphatic rings. The zero-order valence-electron chi connectivity index (χ0n) is 33.5. The van der Waals surface area contributed by atoms with Crippen molar-refractivity contribution in [3.8, 4) is 45.3 Å². The lowest BCUT2D eigenvalue weighted by Gasteiger charge is -2.33. The van der Waals surface area contributed by atoms with Crippen LogP contribution in [0.15, 0.2) is 217 Å². The molecule has 0 spiro atoms. The monoisotopic (exact) mass is 789 g/mol. The molecule has 13 rings (SSSR count). The number of nitrogens with zero attached hydrogens (tertiary/aromatic N) is 3. The first-order chi connectivity index (χ1) is 30.8. The second-order valence-corrected chi connectivity index (χ2v) is 16.2. The Bertz CT molecular complexity index is 3680. The second-order valence-electron chi connectivity index (χ2n) is 16.2. The molecule has 0 radical (unpaired) electrons. The Morgan fingerprint density at radius 3 is 1.52 bits per heavy atom. The van der Waals surface area contributed by atoms with E-state index in [1.165, 1.54) is 49.2 Å². The maximum atomic E-state index is 6.62. The van der Waals surface area contributed by atoms with Gasteiger partial charge in [-0.15, -0.1) is 0 Å². The van der Waals surface area contributed by atoms with E-state index in [-0.39, 0.29) is 0 Å². The molecule has 10 aromatic carbocycles. The van der Waals surface area contributed by atoms with Gasteiger partial charge in [0.2, 0.25) is 0 Å². The molecule has 0 saturated heterocycles. The van der Waals surface area contributed by atoms with Crippen LogP contribution in [0.4, 0.5) is 0 Å². The molecular weight excluding hydrogens is 755 g/mol. The van der Waals surface area contributed by atoms with E-state index in [4.69, 9.17) is 19.4 Å². The fourth-order valence-electron chi connectivity index (χ4n) is 10.4. The van der Waals surface area contributed by atoms with Crippen molar-refractivity contribution >= 4 is 54.3 Å². The van der Waals surface area contributed by atoms with Crippen molar-refractivity contribution in [1.82, 2.24) is 15.0 Å². The number of hydrogen-bond acceptors (Lipinski definition) is 4. The Balaban J connectivity index is 1.11. The zero-order valence-corrected chi connectivity index (χ0v) is 33.5. The highest BCUT2D eigenvalue weighted by molar-refractivity contribution is 6.25. The summed E-state index contributed by atoms with van der Waals surface area (Å²) in [4.78, 5) is 16.2. The first-order valence-corrected chi connectivity index (χ1v) is 21.1. The van der Waals surface area contributed by atoms with Crippen molar-refractivity contribution < 1.29 is 4.42 Å². The summed E-state index contributed by atoms with van der Waals surface area (Å²) in [5.74, 6) is 1.75.